The third-order valence-corrected chi connectivity index (χ3v) is 4.64. The number of piperidine rings is 1. The molecule has 2 aromatic rings. The topological polar surface area (TPSA) is 32.3 Å². The summed E-state index contributed by atoms with van der Waals surface area (Å²) in [7, 11) is 0. The second kappa shape index (κ2) is 8.11. The maximum absolute atomic E-state index is 12.4. The number of para-hydroxylation sites is 1. The Kier molecular flexibility index (Phi) is 5.65. The van der Waals surface area contributed by atoms with E-state index in [0.29, 0.717) is 12.5 Å². The fraction of sp³-hybridized carbons (Fsp3) is 0.381. The molecule has 3 heteroatoms. The molecule has 0 spiro atoms. The molecule has 1 fully saturated rings. The van der Waals surface area contributed by atoms with E-state index >= 15 is 0 Å². The smallest absolute Gasteiger partial charge is 0.238 e. The van der Waals surface area contributed by atoms with Gasteiger partial charge < -0.3 is 5.32 Å². The molecule has 1 heterocycles. The number of hydrogen-bond acceptors (Lipinski definition) is 2. The lowest BCUT2D eigenvalue weighted by Crippen LogP contribution is -2.39. The van der Waals surface area contributed by atoms with E-state index in [1.165, 1.54) is 18.4 Å². The number of anilines is 1. The Morgan fingerprint density at radius 3 is 2.67 bits per heavy atom. The van der Waals surface area contributed by atoms with Crippen molar-refractivity contribution >= 4 is 11.6 Å². The molecule has 1 unspecified atom stereocenters. The summed E-state index contributed by atoms with van der Waals surface area (Å²) in [5, 5.41) is 3.11. The van der Waals surface area contributed by atoms with Crippen molar-refractivity contribution in [1.82, 2.24) is 4.90 Å². The Morgan fingerprint density at radius 2 is 1.88 bits per heavy atom. The van der Waals surface area contributed by atoms with Crippen LogP contribution in [0.4, 0.5) is 5.69 Å². The predicted octanol–water partition coefficient (Wildman–Crippen LogP) is 3.95. The lowest BCUT2D eigenvalue weighted by Gasteiger charge is -2.30. The Labute approximate surface area is 144 Å². The van der Waals surface area contributed by atoms with Crippen LogP contribution in [0.15, 0.2) is 54.6 Å². The highest BCUT2D eigenvalue weighted by molar-refractivity contribution is 5.93. The van der Waals surface area contributed by atoms with Crippen LogP contribution in [0.25, 0.3) is 0 Å². The summed E-state index contributed by atoms with van der Waals surface area (Å²) < 4.78 is 0. The average Bonchev–Trinajstić information content (AvgIpc) is 2.57. The van der Waals surface area contributed by atoms with Gasteiger partial charge in [0.05, 0.1) is 6.54 Å². The van der Waals surface area contributed by atoms with E-state index in [1.54, 1.807) is 0 Å². The van der Waals surface area contributed by atoms with E-state index < -0.39 is 0 Å². The number of carbonyl (C=O) groups is 1. The highest BCUT2D eigenvalue weighted by Crippen LogP contribution is 2.20. The molecule has 0 aliphatic carbocycles. The molecule has 3 nitrogen and oxygen atoms in total. The standard InChI is InChI=1S/C21H26N2O/c1-17-8-7-13-23(15-17)16-21(24)22-20-12-6-5-11-19(20)14-18-9-3-2-4-10-18/h2-6,9-12,17H,7-8,13-16H2,1H3,(H,22,24). The highest BCUT2D eigenvalue weighted by atomic mass is 16.2. The van der Waals surface area contributed by atoms with Crippen molar-refractivity contribution in [3.63, 3.8) is 0 Å². The van der Waals surface area contributed by atoms with Gasteiger partial charge in [-0.15, -0.1) is 0 Å². The molecule has 3 rings (SSSR count). The van der Waals surface area contributed by atoms with Gasteiger partial charge in [-0.3, -0.25) is 9.69 Å². The Hall–Kier alpha value is -2.13. The molecule has 0 saturated carbocycles. The van der Waals surface area contributed by atoms with Gasteiger partial charge in [-0.05, 0) is 48.9 Å². The maximum atomic E-state index is 12.4. The first-order valence-corrected chi connectivity index (χ1v) is 8.85. The second-order valence-electron chi connectivity index (χ2n) is 6.85. The minimum atomic E-state index is 0.0876. The molecule has 0 bridgehead atoms. The molecule has 24 heavy (non-hydrogen) atoms. The number of carbonyl (C=O) groups excluding carboxylic acids is 1. The van der Waals surface area contributed by atoms with Crippen molar-refractivity contribution in [2.45, 2.75) is 26.2 Å². The SMILES string of the molecule is CC1CCCN(CC(=O)Nc2ccccc2Cc2ccccc2)C1. The van der Waals surface area contributed by atoms with Gasteiger partial charge in [-0.1, -0.05) is 55.5 Å². The number of hydrogen-bond donors (Lipinski definition) is 1. The number of rotatable bonds is 5. The van der Waals surface area contributed by atoms with Crippen LogP contribution in [0, 0.1) is 5.92 Å². The van der Waals surface area contributed by atoms with Crippen LogP contribution in [0.3, 0.4) is 0 Å². The molecule has 1 amide bonds. The Bertz CT molecular complexity index is 669. The van der Waals surface area contributed by atoms with E-state index in [4.69, 9.17) is 0 Å². The summed E-state index contributed by atoms with van der Waals surface area (Å²) in [4.78, 5) is 14.7. The first-order chi connectivity index (χ1) is 11.7. The summed E-state index contributed by atoms with van der Waals surface area (Å²) >= 11 is 0. The minimum Gasteiger partial charge on any atom is -0.325 e. The molecule has 1 atom stereocenters. The molecule has 0 aromatic heterocycles. The summed E-state index contributed by atoms with van der Waals surface area (Å²) in [6.07, 6.45) is 3.30. The third kappa shape index (κ3) is 4.68. The molecule has 2 aromatic carbocycles. The maximum Gasteiger partial charge on any atom is 0.238 e. The molecule has 126 valence electrons. The monoisotopic (exact) mass is 322 g/mol. The van der Waals surface area contributed by atoms with Crippen molar-refractivity contribution in [2.24, 2.45) is 5.92 Å². The normalized spacial score (nSPS) is 18.3. The summed E-state index contributed by atoms with van der Waals surface area (Å²) in [5.74, 6) is 0.779. The van der Waals surface area contributed by atoms with Gasteiger partial charge in [0.25, 0.3) is 0 Å². The van der Waals surface area contributed by atoms with E-state index in [9.17, 15) is 4.79 Å². The van der Waals surface area contributed by atoms with E-state index in [-0.39, 0.29) is 5.91 Å². The van der Waals surface area contributed by atoms with Gasteiger partial charge in [-0.25, -0.2) is 0 Å². The van der Waals surface area contributed by atoms with E-state index in [0.717, 1.165) is 30.8 Å². The van der Waals surface area contributed by atoms with Crippen LogP contribution in [0.1, 0.15) is 30.9 Å². The van der Waals surface area contributed by atoms with Crippen LogP contribution in [0.5, 0.6) is 0 Å². The van der Waals surface area contributed by atoms with Crippen molar-refractivity contribution in [3.8, 4) is 0 Å². The average molecular weight is 322 g/mol. The molecule has 1 N–H and O–H groups in total. The van der Waals surface area contributed by atoms with Crippen molar-refractivity contribution < 1.29 is 4.79 Å². The molecular weight excluding hydrogens is 296 g/mol. The lowest BCUT2D eigenvalue weighted by atomic mass is 10.0. The summed E-state index contributed by atoms with van der Waals surface area (Å²) in [6, 6.07) is 18.5. The zero-order valence-electron chi connectivity index (χ0n) is 14.4. The van der Waals surface area contributed by atoms with Crippen LogP contribution in [0.2, 0.25) is 0 Å². The van der Waals surface area contributed by atoms with Gasteiger partial charge in [0.2, 0.25) is 5.91 Å². The first kappa shape index (κ1) is 16.7. The summed E-state index contributed by atoms with van der Waals surface area (Å²) in [5.41, 5.74) is 3.34. The third-order valence-electron chi connectivity index (χ3n) is 4.64. The van der Waals surface area contributed by atoms with Gasteiger partial charge in [0.15, 0.2) is 0 Å². The molecule has 0 radical (unpaired) electrons. The number of nitrogens with zero attached hydrogens (tertiary/aromatic N) is 1. The zero-order chi connectivity index (χ0) is 16.8. The molecule has 1 saturated heterocycles. The van der Waals surface area contributed by atoms with Gasteiger partial charge in [-0.2, -0.15) is 0 Å². The predicted molar refractivity (Wildman–Crippen MR) is 99.2 cm³/mol. The van der Waals surface area contributed by atoms with Gasteiger partial charge >= 0.3 is 0 Å². The number of amides is 1. The van der Waals surface area contributed by atoms with Crippen LogP contribution in [-0.4, -0.2) is 30.4 Å². The van der Waals surface area contributed by atoms with Crippen LogP contribution < -0.4 is 5.32 Å². The number of likely N-dealkylation sites (tertiary alicyclic amines) is 1. The second-order valence-corrected chi connectivity index (χ2v) is 6.85. The van der Waals surface area contributed by atoms with Crippen LogP contribution in [-0.2, 0) is 11.2 Å². The molecule has 1 aliphatic heterocycles. The quantitative estimate of drug-likeness (QED) is 0.904. The Balaban J connectivity index is 1.63. The fourth-order valence-corrected chi connectivity index (χ4v) is 3.44. The highest BCUT2D eigenvalue weighted by Gasteiger charge is 2.18. The fourth-order valence-electron chi connectivity index (χ4n) is 3.44. The molecule has 1 aliphatic rings. The van der Waals surface area contributed by atoms with Crippen molar-refractivity contribution in [3.05, 3.63) is 65.7 Å². The minimum absolute atomic E-state index is 0.0876. The summed E-state index contributed by atoms with van der Waals surface area (Å²) in [6.45, 7) is 4.81. The zero-order valence-corrected chi connectivity index (χ0v) is 14.4. The lowest BCUT2D eigenvalue weighted by molar-refractivity contribution is -0.117. The Morgan fingerprint density at radius 1 is 1.12 bits per heavy atom. The van der Waals surface area contributed by atoms with Gasteiger partial charge in [0.1, 0.15) is 0 Å². The van der Waals surface area contributed by atoms with Crippen molar-refractivity contribution in [2.75, 3.05) is 25.0 Å². The number of benzene rings is 2. The van der Waals surface area contributed by atoms with Gasteiger partial charge in [0, 0.05) is 12.2 Å². The van der Waals surface area contributed by atoms with Crippen molar-refractivity contribution in [1.29, 1.82) is 0 Å². The number of nitrogens with one attached hydrogen (secondary N) is 1. The van der Waals surface area contributed by atoms with Crippen LogP contribution >= 0.6 is 0 Å². The first-order valence-electron chi connectivity index (χ1n) is 8.85. The largest absolute Gasteiger partial charge is 0.325 e. The molecular formula is C21H26N2O. The van der Waals surface area contributed by atoms with E-state index in [2.05, 4.69) is 35.3 Å². The van der Waals surface area contributed by atoms with E-state index in [1.807, 2.05) is 36.4 Å².